The predicted octanol–water partition coefficient (Wildman–Crippen LogP) is 5.39. The number of nitrogens with one attached hydrogen (secondary N) is 1. The van der Waals surface area contributed by atoms with Crippen molar-refractivity contribution in [3.63, 3.8) is 0 Å². The van der Waals surface area contributed by atoms with Crippen LogP contribution >= 0.6 is 0 Å². The Morgan fingerprint density at radius 2 is 1.69 bits per heavy atom. The van der Waals surface area contributed by atoms with Gasteiger partial charge in [0, 0.05) is 38.4 Å². The average Bonchev–Trinajstić information content (AvgIpc) is 2.88. The first kappa shape index (κ1) is 28.9. The van der Waals surface area contributed by atoms with Crippen molar-refractivity contribution in [2.45, 2.75) is 62.7 Å². The van der Waals surface area contributed by atoms with Crippen LogP contribution in [-0.2, 0) is 20.9 Å². The molecule has 0 aliphatic carbocycles. The molecule has 1 aromatic heterocycles. The van der Waals surface area contributed by atoms with Gasteiger partial charge in [-0.1, -0.05) is 18.2 Å². The molecule has 0 bridgehead atoms. The molecule has 39 heavy (non-hydrogen) atoms. The van der Waals surface area contributed by atoms with E-state index in [2.05, 4.69) is 10.3 Å². The summed E-state index contributed by atoms with van der Waals surface area (Å²) in [6.45, 7) is 6.96. The van der Waals surface area contributed by atoms with Gasteiger partial charge in [0.05, 0.1) is 10.5 Å². The third kappa shape index (κ3) is 7.30. The van der Waals surface area contributed by atoms with E-state index in [9.17, 15) is 26.4 Å². The van der Waals surface area contributed by atoms with Gasteiger partial charge in [-0.15, -0.1) is 0 Å². The zero-order chi connectivity index (χ0) is 28.4. The second-order valence-electron chi connectivity index (χ2n) is 10.7. The maximum Gasteiger partial charge on any atom is 0.417 e. The number of amides is 1. The van der Waals surface area contributed by atoms with E-state index in [1.165, 1.54) is 10.4 Å². The largest absolute Gasteiger partial charge is 0.444 e. The molecule has 0 saturated carbocycles. The molecule has 2 aliphatic rings. The Bertz CT molecular complexity index is 1300. The molecule has 212 valence electrons. The van der Waals surface area contributed by atoms with Crippen LogP contribution in [0.3, 0.4) is 0 Å². The monoisotopic (exact) mass is 566 g/mol. The second-order valence-corrected chi connectivity index (χ2v) is 12.6. The van der Waals surface area contributed by atoms with Crippen LogP contribution in [0.15, 0.2) is 53.6 Å². The summed E-state index contributed by atoms with van der Waals surface area (Å²) in [7, 11) is -3.71. The highest BCUT2D eigenvalue weighted by molar-refractivity contribution is 7.89. The highest BCUT2D eigenvalue weighted by Gasteiger charge is 2.32. The summed E-state index contributed by atoms with van der Waals surface area (Å²) in [5, 5.41) is 3.10. The Morgan fingerprint density at radius 3 is 2.26 bits per heavy atom. The molecular weight excluding hydrogens is 533 g/mol. The van der Waals surface area contributed by atoms with E-state index in [-0.39, 0.29) is 30.1 Å². The summed E-state index contributed by atoms with van der Waals surface area (Å²) in [4.78, 5) is 18.1. The number of nitrogens with zero attached hydrogens (tertiary/aromatic N) is 3. The molecule has 3 heterocycles. The van der Waals surface area contributed by atoms with Crippen molar-refractivity contribution in [3.05, 3.63) is 59.8 Å². The van der Waals surface area contributed by atoms with Crippen molar-refractivity contribution in [3.8, 4) is 0 Å². The molecule has 4 rings (SSSR count). The molecule has 1 fully saturated rings. The summed E-state index contributed by atoms with van der Waals surface area (Å²) in [6.07, 6.45) is -0.325. The smallest absolute Gasteiger partial charge is 0.417 e. The Labute approximate surface area is 226 Å². The quantitative estimate of drug-likeness (QED) is 0.522. The molecule has 2 aliphatic heterocycles. The van der Waals surface area contributed by atoms with Gasteiger partial charge >= 0.3 is 12.3 Å². The predicted molar refractivity (Wildman–Crippen MR) is 141 cm³/mol. The summed E-state index contributed by atoms with van der Waals surface area (Å²) in [5.74, 6) is 0.321. The number of benzene rings is 1. The lowest BCUT2D eigenvalue weighted by molar-refractivity contribution is -0.137. The molecule has 0 radical (unpaired) electrons. The lowest BCUT2D eigenvalue weighted by Crippen LogP contribution is -2.42. The molecule has 12 heteroatoms. The number of piperidine rings is 1. The van der Waals surface area contributed by atoms with E-state index in [1.54, 1.807) is 29.2 Å². The Balaban J connectivity index is 1.34. The Hall–Kier alpha value is -3.12. The van der Waals surface area contributed by atoms with E-state index < -0.39 is 27.4 Å². The summed E-state index contributed by atoms with van der Waals surface area (Å²) >= 11 is 0. The topological polar surface area (TPSA) is 91.8 Å². The standard InChI is InChI=1S/C27H33F3N4O4S/c1-26(2,3)38-25(35)33-14-4-5-20(18-33)19-6-9-23(10-7-19)39(36,37)34-15-12-22(13-16-34)32-24-11-8-21(17-31-24)27(28,29)30/h5-11,17,22H,4,12-16,18H2,1-3H3,(H,31,32). The summed E-state index contributed by atoms with van der Waals surface area (Å²) < 4.78 is 71.6. The van der Waals surface area contributed by atoms with Gasteiger partial charge in [-0.2, -0.15) is 17.5 Å². The van der Waals surface area contributed by atoms with E-state index in [1.807, 2.05) is 26.8 Å². The van der Waals surface area contributed by atoms with Crippen LogP contribution in [0.4, 0.5) is 23.8 Å². The third-order valence-corrected chi connectivity index (χ3v) is 8.48. The number of rotatable bonds is 5. The fourth-order valence-corrected chi connectivity index (χ4v) is 5.99. The van der Waals surface area contributed by atoms with Gasteiger partial charge in [0.1, 0.15) is 11.4 Å². The minimum atomic E-state index is -4.45. The van der Waals surface area contributed by atoms with Crippen LogP contribution in [0, 0.1) is 0 Å². The molecule has 0 unspecified atom stereocenters. The van der Waals surface area contributed by atoms with Crippen LogP contribution in [0.25, 0.3) is 5.57 Å². The van der Waals surface area contributed by atoms with Crippen molar-refractivity contribution in [1.82, 2.24) is 14.2 Å². The zero-order valence-electron chi connectivity index (χ0n) is 22.2. The number of pyridine rings is 1. The molecule has 1 amide bonds. The van der Waals surface area contributed by atoms with E-state index in [4.69, 9.17) is 4.74 Å². The maximum atomic E-state index is 13.2. The number of anilines is 1. The van der Waals surface area contributed by atoms with Gasteiger partial charge in [0.15, 0.2) is 0 Å². The van der Waals surface area contributed by atoms with Gasteiger partial charge in [-0.25, -0.2) is 18.2 Å². The number of alkyl halides is 3. The minimum Gasteiger partial charge on any atom is -0.444 e. The van der Waals surface area contributed by atoms with E-state index in [0.717, 1.165) is 23.4 Å². The lowest BCUT2D eigenvalue weighted by atomic mass is 10.0. The van der Waals surface area contributed by atoms with Crippen LogP contribution in [0.5, 0.6) is 0 Å². The van der Waals surface area contributed by atoms with Gasteiger partial charge in [-0.3, -0.25) is 0 Å². The maximum absolute atomic E-state index is 13.2. The van der Waals surface area contributed by atoms with Gasteiger partial charge in [-0.05, 0) is 75.4 Å². The molecule has 1 aromatic carbocycles. The molecule has 1 N–H and O–H groups in total. The first-order valence-corrected chi connectivity index (χ1v) is 14.2. The second kappa shape index (κ2) is 11.2. The summed E-state index contributed by atoms with van der Waals surface area (Å²) in [5.41, 5.74) is 0.368. The average molecular weight is 567 g/mol. The first-order chi connectivity index (χ1) is 18.2. The van der Waals surface area contributed by atoms with Crippen molar-refractivity contribution < 1.29 is 31.1 Å². The SMILES string of the molecule is CC(C)(C)OC(=O)N1CCC=C(c2ccc(S(=O)(=O)N3CCC(Nc4ccc(C(F)(F)F)cn4)CC3)cc2)C1. The number of carbonyl (C=O) groups is 1. The number of hydrogen-bond acceptors (Lipinski definition) is 6. The minimum absolute atomic E-state index is 0.103. The molecule has 2 aromatic rings. The van der Waals surface area contributed by atoms with Gasteiger partial charge in [0.25, 0.3) is 0 Å². The number of halogens is 3. The van der Waals surface area contributed by atoms with Crippen LogP contribution < -0.4 is 5.32 Å². The normalized spacial score (nSPS) is 18.0. The molecule has 1 saturated heterocycles. The zero-order valence-corrected chi connectivity index (χ0v) is 23.0. The van der Waals surface area contributed by atoms with Crippen molar-refractivity contribution >= 4 is 27.5 Å². The Kier molecular flexibility index (Phi) is 8.27. The van der Waals surface area contributed by atoms with Crippen molar-refractivity contribution in [2.75, 3.05) is 31.5 Å². The highest BCUT2D eigenvalue weighted by Crippen LogP contribution is 2.30. The van der Waals surface area contributed by atoms with Crippen LogP contribution in [0.2, 0.25) is 0 Å². The summed E-state index contributed by atoms with van der Waals surface area (Å²) in [6, 6.07) is 8.81. The number of carbonyl (C=O) groups excluding carboxylic acids is 1. The highest BCUT2D eigenvalue weighted by atomic mass is 32.2. The fraction of sp³-hybridized carbons (Fsp3) is 0.481. The Morgan fingerprint density at radius 1 is 1.03 bits per heavy atom. The number of sulfonamides is 1. The van der Waals surface area contributed by atoms with E-state index in [0.29, 0.717) is 38.2 Å². The van der Waals surface area contributed by atoms with Gasteiger partial charge < -0.3 is 15.0 Å². The third-order valence-electron chi connectivity index (χ3n) is 6.56. The molecule has 0 atom stereocenters. The van der Waals surface area contributed by atoms with Crippen molar-refractivity contribution in [1.29, 1.82) is 0 Å². The number of hydrogen-bond donors (Lipinski definition) is 1. The number of ether oxygens (including phenoxy) is 1. The van der Waals surface area contributed by atoms with Crippen LogP contribution in [-0.4, -0.2) is 66.5 Å². The first-order valence-electron chi connectivity index (χ1n) is 12.8. The molecular formula is C27H33F3N4O4S. The molecule has 8 nitrogen and oxygen atoms in total. The van der Waals surface area contributed by atoms with Gasteiger partial charge in [0.2, 0.25) is 10.0 Å². The number of aromatic nitrogens is 1. The lowest BCUT2D eigenvalue weighted by Gasteiger charge is -2.32. The molecule has 0 spiro atoms. The van der Waals surface area contributed by atoms with Crippen molar-refractivity contribution in [2.24, 2.45) is 0 Å². The fourth-order valence-electron chi connectivity index (χ4n) is 4.52. The van der Waals surface area contributed by atoms with Crippen LogP contribution in [0.1, 0.15) is 51.2 Å². The van der Waals surface area contributed by atoms with E-state index >= 15 is 0 Å².